The second-order valence-electron chi connectivity index (χ2n) is 6.47. The predicted molar refractivity (Wildman–Crippen MR) is 101 cm³/mol. The lowest BCUT2D eigenvalue weighted by Crippen LogP contribution is -3.13. The van der Waals surface area contributed by atoms with Crippen LogP contribution in [0.5, 0.6) is 0 Å². The number of carbonyl (C=O) groups excluding carboxylic acids is 2. The number of hydrogen-bond donors (Lipinski definition) is 3. The number of hydrogen-bond acceptors (Lipinski definition) is 2. The molecule has 0 saturated carbocycles. The summed E-state index contributed by atoms with van der Waals surface area (Å²) in [4.78, 5) is 25.1. The number of rotatable bonds is 7. The zero-order valence-electron chi connectivity index (χ0n) is 15.7. The summed E-state index contributed by atoms with van der Waals surface area (Å²) in [6.45, 7) is 4.08. The van der Waals surface area contributed by atoms with E-state index in [4.69, 9.17) is 0 Å². The average Bonchev–Trinajstić information content (AvgIpc) is 2.60. The van der Waals surface area contributed by atoms with E-state index >= 15 is 0 Å². The van der Waals surface area contributed by atoms with E-state index in [9.17, 15) is 22.8 Å². The molecule has 28 heavy (non-hydrogen) atoms. The van der Waals surface area contributed by atoms with Crippen molar-refractivity contribution in [3.63, 3.8) is 0 Å². The molecular formula is C20H23F3N3O2+. The number of aryl methyl sites for hydroxylation is 1. The van der Waals surface area contributed by atoms with Crippen LogP contribution < -0.4 is 15.5 Å². The van der Waals surface area contributed by atoms with Crippen LogP contribution in [0.25, 0.3) is 0 Å². The molecule has 3 N–H and O–H groups in total. The molecule has 2 amide bonds. The van der Waals surface area contributed by atoms with Gasteiger partial charge in [0.2, 0.25) is 0 Å². The van der Waals surface area contributed by atoms with E-state index in [0.717, 1.165) is 11.6 Å². The summed E-state index contributed by atoms with van der Waals surface area (Å²) < 4.78 is 39.1. The Labute approximate surface area is 161 Å². The lowest BCUT2D eigenvalue weighted by atomic mass is 10.1. The molecule has 0 spiro atoms. The SMILES string of the molecule is CC[NH+](CC(=O)Nc1cccc(C)c1)CC(=O)Nc1ccccc1C(F)(F)F. The van der Waals surface area contributed by atoms with Crippen LogP contribution in [0.1, 0.15) is 18.1 Å². The maximum atomic E-state index is 13.0. The van der Waals surface area contributed by atoms with Crippen LogP contribution in [-0.4, -0.2) is 31.4 Å². The normalized spacial score (nSPS) is 12.3. The smallest absolute Gasteiger partial charge is 0.321 e. The Bertz CT molecular complexity index is 837. The first-order chi connectivity index (χ1) is 13.2. The van der Waals surface area contributed by atoms with Gasteiger partial charge in [0.1, 0.15) is 0 Å². The summed E-state index contributed by atoms with van der Waals surface area (Å²) in [5, 5.41) is 5.06. The number of quaternary nitrogens is 1. The molecule has 0 aliphatic carbocycles. The molecule has 2 rings (SSSR count). The molecule has 1 unspecified atom stereocenters. The van der Waals surface area contributed by atoms with Crippen LogP contribution in [0, 0.1) is 6.92 Å². The van der Waals surface area contributed by atoms with Crippen LogP contribution in [-0.2, 0) is 15.8 Å². The molecule has 0 radical (unpaired) electrons. The Morgan fingerprint density at radius 3 is 2.21 bits per heavy atom. The van der Waals surface area contributed by atoms with Crippen molar-refractivity contribution >= 4 is 23.2 Å². The van der Waals surface area contributed by atoms with Gasteiger partial charge in [0.15, 0.2) is 13.1 Å². The van der Waals surface area contributed by atoms with E-state index in [1.807, 2.05) is 25.1 Å². The maximum absolute atomic E-state index is 13.0. The first-order valence-electron chi connectivity index (χ1n) is 8.85. The number of anilines is 2. The minimum atomic E-state index is -4.56. The molecule has 0 heterocycles. The molecule has 2 aromatic carbocycles. The van der Waals surface area contributed by atoms with Crippen LogP contribution in [0.3, 0.4) is 0 Å². The van der Waals surface area contributed by atoms with E-state index in [-0.39, 0.29) is 24.7 Å². The van der Waals surface area contributed by atoms with E-state index in [1.54, 1.807) is 13.0 Å². The Morgan fingerprint density at radius 1 is 0.964 bits per heavy atom. The summed E-state index contributed by atoms with van der Waals surface area (Å²) in [5.41, 5.74) is 0.461. The van der Waals surface area contributed by atoms with Gasteiger partial charge in [0.25, 0.3) is 11.8 Å². The molecule has 0 bridgehead atoms. The highest BCUT2D eigenvalue weighted by molar-refractivity contribution is 5.93. The second kappa shape index (κ2) is 9.36. The Morgan fingerprint density at radius 2 is 1.61 bits per heavy atom. The van der Waals surface area contributed by atoms with Crippen molar-refractivity contribution in [1.29, 1.82) is 0 Å². The van der Waals surface area contributed by atoms with Crippen molar-refractivity contribution in [3.8, 4) is 0 Å². The van der Waals surface area contributed by atoms with Crippen molar-refractivity contribution in [2.75, 3.05) is 30.3 Å². The summed E-state index contributed by atoms with van der Waals surface area (Å²) in [6.07, 6.45) is -4.56. The van der Waals surface area contributed by atoms with Gasteiger partial charge in [-0.15, -0.1) is 0 Å². The lowest BCUT2D eigenvalue weighted by molar-refractivity contribution is -0.881. The van der Waals surface area contributed by atoms with Gasteiger partial charge < -0.3 is 15.5 Å². The van der Waals surface area contributed by atoms with Crippen LogP contribution >= 0.6 is 0 Å². The van der Waals surface area contributed by atoms with Gasteiger partial charge in [0, 0.05) is 5.69 Å². The molecule has 0 saturated heterocycles. The van der Waals surface area contributed by atoms with E-state index < -0.39 is 17.6 Å². The molecule has 2 aromatic rings. The number of halogens is 3. The van der Waals surface area contributed by atoms with Gasteiger partial charge in [-0.2, -0.15) is 13.2 Å². The van der Waals surface area contributed by atoms with Gasteiger partial charge in [-0.05, 0) is 43.7 Å². The fourth-order valence-corrected chi connectivity index (χ4v) is 2.73. The largest absolute Gasteiger partial charge is 0.418 e. The number of likely N-dealkylation sites (N-methyl/N-ethyl adjacent to an activating group) is 1. The van der Waals surface area contributed by atoms with Crippen molar-refractivity contribution in [2.24, 2.45) is 0 Å². The van der Waals surface area contributed by atoms with Crippen molar-refractivity contribution < 1.29 is 27.7 Å². The number of nitrogens with one attached hydrogen (secondary N) is 3. The third-order valence-electron chi connectivity index (χ3n) is 4.13. The van der Waals surface area contributed by atoms with Gasteiger partial charge in [-0.25, -0.2) is 0 Å². The fraction of sp³-hybridized carbons (Fsp3) is 0.300. The second-order valence-corrected chi connectivity index (χ2v) is 6.47. The Balaban J connectivity index is 1.95. The first-order valence-corrected chi connectivity index (χ1v) is 8.85. The highest BCUT2D eigenvalue weighted by Gasteiger charge is 2.33. The minimum absolute atomic E-state index is 0.0266. The monoisotopic (exact) mass is 394 g/mol. The highest BCUT2D eigenvalue weighted by atomic mass is 19.4. The molecule has 150 valence electrons. The number of amides is 2. The molecule has 5 nitrogen and oxygen atoms in total. The topological polar surface area (TPSA) is 62.6 Å². The van der Waals surface area contributed by atoms with Crippen molar-refractivity contribution in [3.05, 3.63) is 59.7 Å². The third-order valence-corrected chi connectivity index (χ3v) is 4.13. The third kappa shape index (κ3) is 6.38. The van der Waals surface area contributed by atoms with Crippen LogP contribution in [0.2, 0.25) is 0 Å². The van der Waals surface area contributed by atoms with Crippen molar-refractivity contribution in [2.45, 2.75) is 20.0 Å². The summed E-state index contributed by atoms with van der Waals surface area (Å²) >= 11 is 0. The fourth-order valence-electron chi connectivity index (χ4n) is 2.73. The molecule has 0 aliphatic heterocycles. The van der Waals surface area contributed by atoms with E-state index in [2.05, 4.69) is 10.6 Å². The summed E-state index contributed by atoms with van der Waals surface area (Å²) in [5.74, 6) is -0.858. The zero-order chi connectivity index (χ0) is 20.7. The maximum Gasteiger partial charge on any atom is 0.418 e. The van der Waals surface area contributed by atoms with Crippen LogP contribution in [0.4, 0.5) is 24.5 Å². The molecular weight excluding hydrogens is 371 g/mol. The number of para-hydroxylation sites is 1. The number of alkyl halides is 3. The number of benzene rings is 2. The molecule has 1 atom stereocenters. The summed E-state index contributed by atoms with van der Waals surface area (Å²) in [6, 6.07) is 12.1. The molecule has 0 fully saturated rings. The van der Waals surface area contributed by atoms with Crippen molar-refractivity contribution in [1.82, 2.24) is 0 Å². The number of carbonyl (C=O) groups is 2. The molecule has 0 aromatic heterocycles. The first kappa shape index (κ1) is 21.4. The van der Waals surface area contributed by atoms with Gasteiger partial charge in [0.05, 0.1) is 17.8 Å². The van der Waals surface area contributed by atoms with Gasteiger partial charge >= 0.3 is 6.18 Å². The van der Waals surface area contributed by atoms with E-state index in [0.29, 0.717) is 17.1 Å². The summed E-state index contributed by atoms with van der Waals surface area (Å²) in [7, 11) is 0. The Hall–Kier alpha value is -2.87. The van der Waals surface area contributed by atoms with E-state index in [1.165, 1.54) is 18.2 Å². The predicted octanol–water partition coefficient (Wildman–Crippen LogP) is 2.50. The standard InChI is InChI=1S/C20H22F3N3O2/c1-3-26(12-18(27)24-15-8-6-7-14(2)11-15)13-19(28)25-17-10-5-4-9-16(17)20(21,22)23/h4-11H,3,12-13H2,1-2H3,(H,24,27)(H,25,28)/p+1. The molecule has 8 heteroatoms. The average molecular weight is 394 g/mol. The van der Waals surface area contributed by atoms with Crippen LogP contribution in [0.15, 0.2) is 48.5 Å². The lowest BCUT2D eigenvalue weighted by Gasteiger charge is -2.18. The minimum Gasteiger partial charge on any atom is -0.321 e. The highest BCUT2D eigenvalue weighted by Crippen LogP contribution is 2.34. The quantitative estimate of drug-likeness (QED) is 0.676. The Kier molecular flexibility index (Phi) is 7.17. The zero-order valence-corrected chi connectivity index (χ0v) is 15.7. The molecule has 0 aliphatic rings. The van der Waals surface area contributed by atoms with Gasteiger partial charge in [-0.3, -0.25) is 9.59 Å². The van der Waals surface area contributed by atoms with Gasteiger partial charge in [-0.1, -0.05) is 24.3 Å².